The van der Waals surface area contributed by atoms with Crippen molar-refractivity contribution in [1.82, 2.24) is 4.90 Å². The van der Waals surface area contributed by atoms with Crippen molar-refractivity contribution in [2.24, 2.45) is 0 Å². The van der Waals surface area contributed by atoms with E-state index in [1.165, 1.54) is 34.6 Å². The van der Waals surface area contributed by atoms with Crippen LogP contribution in [0.15, 0.2) is 0 Å². The zero-order valence-electron chi connectivity index (χ0n) is 11.8. The van der Waals surface area contributed by atoms with Crippen molar-refractivity contribution >= 4 is 19.2 Å². The zero-order valence-corrected chi connectivity index (χ0v) is 14.7. The van der Waals surface area contributed by atoms with Gasteiger partial charge in [0.1, 0.15) is 0 Å². The van der Waals surface area contributed by atoms with E-state index in [0.717, 1.165) is 26.3 Å². The van der Waals surface area contributed by atoms with Crippen molar-refractivity contribution < 1.29 is 6.15 Å². The number of nitrogens with zero attached hydrogens (tertiary/aromatic N) is 1. The SMILES string of the molecule is CCC[CH2][Sn]1([CH2]CCC)[O]CCN(C)CC[O]1. The molecule has 17 heavy (non-hydrogen) atoms. The molecule has 0 aromatic carbocycles. The molecule has 1 fully saturated rings. The normalized spacial score (nSPS) is 22.1. The standard InChI is InChI=1S/C5H11NO2.2C4H9.Sn/c1-6(2-4-7)3-5-8;2*1-3-4-2;/h2-5H2,1H3;2*1,3-4H2,2H3;/q-2;;;+2. The Bertz CT molecular complexity index is 182. The predicted octanol–water partition coefficient (Wildman–Crippen LogP) is 3.01. The minimum atomic E-state index is -2.67. The first kappa shape index (κ1) is 15.7. The Kier molecular flexibility index (Phi) is 8.07. The van der Waals surface area contributed by atoms with E-state index in [9.17, 15) is 0 Å². The molecule has 1 rings (SSSR count). The summed E-state index contributed by atoms with van der Waals surface area (Å²) >= 11 is -2.67. The Morgan fingerprint density at radius 3 is 1.82 bits per heavy atom. The molecule has 0 unspecified atom stereocenters. The Balaban J connectivity index is 2.52. The molecule has 0 spiro atoms. The number of hydrogen-bond donors (Lipinski definition) is 0. The number of likely N-dealkylation sites (N-methyl/N-ethyl adjacent to an activating group) is 1. The van der Waals surface area contributed by atoms with Gasteiger partial charge in [0.15, 0.2) is 0 Å². The van der Waals surface area contributed by atoms with Gasteiger partial charge in [0, 0.05) is 0 Å². The van der Waals surface area contributed by atoms with Crippen molar-refractivity contribution in [3.05, 3.63) is 0 Å². The number of unbranched alkanes of at least 4 members (excludes halogenated alkanes) is 2. The van der Waals surface area contributed by atoms with Gasteiger partial charge in [-0.25, -0.2) is 0 Å². The van der Waals surface area contributed by atoms with Gasteiger partial charge in [0.05, 0.1) is 0 Å². The van der Waals surface area contributed by atoms with E-state index in [1.54, 1.807) is 0 Å². The molecule has 0 aromatic rings. The molecule has 1 aliphatic heterocycles. The zero-order chi connectivity index (χ0) is 12.6. The van der Waals surface area contributed by atoms with Crippen molar-refractivity contribution in [2.45, 2.75) is 48.4 Å². The molecule has 102 valence electrons. The third-order valence-corrected chi connectivity index (χ3v) is 14.0. The van der Waals surface area contributed by atoms with Gasteiger partial charge in [-0.05, 0) is 0 Å². The summed E-state index contributed by atoms with van der Waals surface area (Å²) in [4.78, 5) is 2.30. The van der Waals surface area contributed by atoms with Gasteiger partial charge in [-0.1, -0.05) is 0 Å². The first-order chi connectivity index (χ1) is 8.22. The maximum atomic E-state index is 6.29. The van der Waals surface area contributed by atoms with E-state index < -0.39 is 19.2 Å². The van der Waals surface area contributed by atoms with E-state index >= 15 is 0 Å². The molecule has 1 heterocycles. The Morgan fingerprint density at radius 1 is 0.941 bits per heavy atom. The van der Waals surface area contributed by atoms with E-state index in [0.29, 0.717) is 0 Å². The van der Waals surface area contributed by atoms with Gasteiger partial charge in [-0.15, -0.1) is 0 Å². The Labute approximate surface area is 112 Å². The average molecular weight is 350 g/mol. The minimum absolute atomic E-state index is 0.889. The second-order valence-corrected chi connectivity index (χ2v) is 14.8. The molecule has 0 amide bonds. The third-order valence-electron chi connectivity index (χ3n) is 3.50. The van der Waals surface area contributed by atoms with Crippen LogP contribution in [0.3, 0.4) is 0 Å². The van der Waals surface area contributed by atoms with Crippen LogP contribution in [-0.4, -0.2) is 57.5 Å². The monoisotopic (exact) mass is 351 g/mol. The molecule has 1 aliphatic rings. The summed E-state index contributed by atoms with van der Waals surface area (Å²) in [5.41, 5.74) is 0. The maximum absolute atomic E-state index is 6.29. The van der Waals surface area contributed by atoms with Crippen LogP contribution in [0.4, 0.5) is 0 Å². The molecule has 0 N–H and O–H groups in total. The summed E-state index contributed by atoms with van der Waals surface area (Å²) < 4.78 is 15.1. The van der Waals surface area contributed by atoms with Gasteiger partial charge in [0.25, 0.3) is 0 Å². The predicted molar refractivity (Wildman–Crippen MR) is 74.6 cm³/mol. The summed E-state index contributed by atoms with van der Waals surface area (Å²) in [5, 5.41) is 0. The van der Waals surface area contributed by atoms with Crippen LogP contribution in [0, 0.1) is 0 Å². The van der Waals surface area contributed by atoms with Gasteiger partial charge >= 0.3 is 112 Å². The second-order valence-electron chi connectivity index (χ2n) is 5.12. The molecule has 4 heteroatoms. The molecular weight excluding hydrogens is 321 g/mol. The first-order valence-electron chi connectivity index (χ1n) is 7.19. The molecule has 0 aliphatic carbocycles. The van der Waals surface area contributed by atoms with Crippen LogP contribution < -0.4 is 0 Å². The Hall–Kier alpha value is 0.679. The van der Waals surface area contributed by atoms with Crippen molar-refractivity contribution in [3.8, 4) is 0 Å². The molecule has 0 bridgehead atoms. The summed E-state index contributed by atoms with van der Waals surface area (Å²) in [7, 11) is 2.15. The van der Waals surface area contributed by atoms with Crippen molar-refractivity contribution in [3.63, 3.8) is 0 Å². The van der Waals surface area contributed by atoms with Gasteiger partial charge in [-0.2, -0.15) is 0 Å². The molecular formula is C13H29NO2Sn. The summed E-state index contributed by atoms with van der Waals surface area (Å²) in [5.74, 6) is 0. The summed E-state index contributed by atoms with van der Waals surface area (Å²) in [6, 6.07) is 0. The van der Waals surface area contributed by atoms with E-state index in [1.807, 2.05) is 0 Å². The molecule has 0 atom stereocenters. The fourth-order valence-corrected chi connectivity index (χ4v) is 12.6. The van der Waals surface area contributed by atoms with Crippen LogP contribution in [0.25, 0.3) is 0 Å². The fraction of sp³-hybridized carbons (Fsp3) is 1.00. The van der Waals surface area contributed by atoms with Gasteiger partial charge in [0.2, 0.25) is 0 Å². The van der Waals surface area contributed by atoms with Crippen molar-refractivity contribution in [2.75, 3.05) is 33.4 Å². The summed E-state index contributed by atoms with van der Waals surface area (Å²) in [6.07, 6.45) is 5.10. The molecule has 0 radical (unpaired) electrons. The molecule has 0 saturated carbocycles. The number of rotatable bonds is 6. The molecule has 0 aromatic heterocycles. The van der Waals surface area contributed by atoms with E-state index in [2.05, 4.69) is 25.8 Å². The molecule has 1 saturated heterocycles. The van der Waals surface area contributed by atoms with Crippen LogP contribution in [0.2, 0.25) is 8.87 Å². The van der Waals surface area contributed by atoms with Crippen LogP contribution in [0.5, 0.6) is 0 Å². The Morgan fingerprint density at radius 2 is 1.41 bits per heavy atom. The van der Waals surface area contributed by atoms with Crippen LogP contribution >= 0.6 is 0 Å². The fourth-order valence-electron chi connectivity index (χ4n) is 2.23. The van der Waals surface area contributed by atoms with E-state index in [-0.39, 0.29) is 0 Å². The third kappa shape index (κ3) is 5.90. The van der Waals surface area contributed by atoms with Crippen LogP contribution in [0.1, 0.15) is 39.5 Å². The van der Waals surface area contributed by atoms with Gasteiger partial charge in [-0.3, -0.25) is 0 Å². The molecule has 3 nitrogen and oxygen atoms in total. The topological polar surface area (TPSA) is 21.7 Å². The first-order valence-corrected chi connectivity index (χ1v) is 13.6. The summed E-state index contributed by atoms with van der Waals surface area (Å²) in [6.45, 7) is 8.44. The number of hydrogen-bond acceptors (Lipinski definition) is 3. The average Bonchev–Trinajstić information content (AvgIpc) is 2.31. The van der Waals surface area contributed by atoms with Crippen LogP contribution in [-0.2, 0) is 6.15 Å². The second kappa shape index (κ2) is 8.72. The van der Waals surface area contributed by atoms with E-state index in [4.69, 9.17) is 6.15 Å². The van der Waals surface area contributed by atoms with Crippen molar-refractivity contribution in [1.29, 1.82) is 0 Å². The van der Waals surface area contributed by atoms with Gasteiger partial charge < -0.3 is 0 Å². The quantitative estimate of drug-likeness (QED) is 0.688.